The fourth-order valence-corrected chi connectivity index (χ4v) is 0.864. The van der Waals surface area contributed by atoms with Crippen LogP contribution in [-0.2, 0) is 6.54 Å². The standard InChI is InChI=1S/C7H10N2O/c1-2-7(1)8-3-6-4-9-10-5-6/h4-5,7-8H,1-3H2. The zero-order valence-electron chi connectivity index (χ0n) is 5.71. The molecule has 0 bridgehead atoms. The van der Waals surface area contributed by atoms with Gasteiger partial charge in [-0.2, -0.15) is 0 Å². The molecule has 0 saturated heterocycles. The summed E-state index contributed by atoms with van der Waals surface area (Å²) in [6.07, 6.45) is 6.07. The van der Waals surface area contributed by atoms with Gasteiger partial charge >= 0.3 is 0 Å². The molecule has 0 spiro atoms. The maximum atomic E-state index is 4.68. The summed E-state index contributed by atoms with van der Waals surface area (Å²) in [5.74, 6) is 0. The lowest BCUT2D eigenvalue weighted by molar-refractivity contribution is 0.418. The van der Waals surface area contributed by atoms with E-state index in [-0.39, 0.29) is 0 Å². The molecule has 0 radical (unpaired) electrons. The molecular formula is C7H10N2O. The molecule has 1 saturated carbocycles. The lowest BCUT2D eigenvalue weighted by Gasteiger charge is -1.95. The highest BCUT2D eigenvalue weighted by molar-refractivity contribution is 5.00. The van der Waals surface area contributed by atoms with E-state index in [0.29, 0.717) is 0 Å². The summed E-state index contributed by atoms with van der Waals surface area (Å²) < 4.78 is 4.68. The summed E-state index contributed by atoms with van der Waals surface area (Å²) in [7, 11) is 0. The summed E-state index contributed by atoms with van der Waals surface area (Å²) in [4.78, 5) is 0. The number of nitrogens with one attached hydrogen (secondary N) is 1. The van der Waals surface area contributed by atoms with Gasteiger partial charge in [-0.3, -0.25) is 0 Å². The summed E-state index contributed by atoms with van der Waals surface area (Å²) in [5.41, 5.74) is 1.13. The van der Waals surface area contributed by atoms with Gasteiger partial charge in [0.25, 0.3) is 0 Å². The van der Waals surface area contributed by atoms with Gasteiger partial charge in [-0.25, -0.2) is 0 Å². The minimum absolute atomic E-state index is 0.759. The molecule has 2 rings (SSSR count). The Kier molecular flexibility index (Phi) is 1.43. The molecule has 10 heavy (non-hydrogen) atoms. The van der Waals surface area contributed by atoms with Gasteiger partial charge in [-0.1, -0.05) is 5.16 Å². The molecule has 1 aromatic rings. The van der Waals surface area contributed by atoms with Crippen LogP contribution in [0.2, 0.25) is 0 Å². The minimum Gasteiger partial charge on any atom is -0.364 e. The molecule has 0 unspecified atom stereocenters. The zero-order valence-corrected chi connectivity index (χ0v) is 5.71. The van der Waals surface area contributed by atoms with Crippen molar-refractivity contribution in [3.05, 3.63) is 18.0 Å². The molecule has 1 N–H and O–H groups in total. The summed E-state index contributed by atoms with van der Waals surface area (Å²) in [6.45, 7) is 0.897. The Labute approximate surface area is 59.4 Å². The second-order valence-corrected chi connectivity index (χ2v) is 2.69. The van der Waals surface area contributed by atoms with Crippen LogP contribution in [0.3, 0.4) is 0 Å². The molecule has 0 atom stereocenters. The van der Waals surface area contributed by atoms with Gasteiger partial charge in [0.05, 0.1) is 6.20 Å². The third-order valence-electron chi connectivity index (χ3n) is 1.66. The molecule has 1 aromatic heterocycles. The van der Waals surface area contributed by atoms with Gasteiger partial charge in [0.2, 0.25) is 0 Å². The number of nitrogens with zero attached hydrogens (tertiary/aromatic N) is 1. The normalized spacial score (nSPS) is 17.6. The predicted octanol–water partition coefficient (Wildman–Crippen LogP) is 0.927. The van der Waals surface area contributed by atoms with E-state index in [1.807, 2.05) is 0 Å². The lowest BCUT2D eigenvalue weighted by atomic mass is 10.4. The molecule has 1 fully saturated rings. The van der Waals surface area contributed by atoms with Gasteiger partial charge in [0, 0.05) is 18.2 Å². The largest absolute Gasteiger partial charge is 0.364 e. The molecule has 1 aliphatic rings. The average Bonchev–Trinajstić information content (AvgIpc) is 2.63. The van der Waals surface area contributed by atoms with Gasteiger partial charge < -0.3 is 9.84 Å². The van der Waals surface area contributed by atoms with Gasteiger partial charge in [0.15, 0.2) is 0 Å². The number of rotatable bonds is 3. The van der Waals surface area contributed by atoms with Crippen LogP contribution in [0.1, 0.15) is 18.4 Å². The van der Waals surface area contributed by atoms with Crippen LogP contribution in [0.4, 0.5) is 0 Å². The van der Waals surface area contributed by atoms with Crippen molar-refractivity contribution in [2.24, 2.45) is 0 Å². The quantitative estimate of drug-likeness (QED) is 0.675. The van der Waals surface area contributed by atoms with Crippen molar-refractivity contribution in [3.8, 4) is 0 Å². The van der Waals surface area contributed by atoms with Crippen LogP contribution >= 0.6 is 0 Å². The van der Waals surface area contributed by atoms with Crippen molar-refractivity contribution < 1.29 is 4.52 Å². The topological polar surface area (TPSA) is 38.1 Å². The first-order valence-corrected chi connectivity index (χ1v) is 3.57. The van der Waals surface area contributed by atoms with Crippen molar-refractivity contribution in [1.29, 1.82) is 0 Å². The first-order chi connectivity index (χ1) is 4.95. The molecule has 0 aromatic carbocycles. The molecule has 1 aliphatic carbocycles. The van der Waals surface area contributed by atoms with E-state index in [1.165, 1.54) is 12.8 Å². The van der Waals surface area contributed by atoms with Gasteiger partial charge in [0.1, 0.15) is 6.26 Å². The Morgan fingerprint density at radius 3 is 3.20 bits per heavy atom. The lowest BCUT2D eigenvalue weighted by Crippen LogP contribution is -2.14. The highest BCUT2D eigenvalue weighted by atomic mass is 16.5. The van der Waals surface area contributed by atoms with Crippen LogP contribution in [0, 0.1) is 0 Å². The summed E-state index contributed by atoms with van der Waals surface area (Å²) >= 11 is 0. The zero-order chi connectivity index (χ0) is 6.81. The molecule has 0 amide bonds. The smallest absolute Gasteiger partial charge is 0.128 e. The monoisotopic (exact) mass is 138 g/mol. The summed E-state index contributed by atoms with van der Waals surface area (Å²) in [5, 5.41) is 6.96. The fourth-order valence-electron chi connectivity index (χ4n) is 0.864. The molecule has 0 aliphatic heterocycles. The molecule has 1 heterocycles. The highest BCUT2D eigenvalue weighted by Crippen LogP contribution is 2.18. The van der Waals surface area contributed by atoms with E-state index < -0.39 is 0 Å². The van der Waals surface area contributed by atoms with Crippen molar-refractivity contribution in [2.45, 2.75) is 25.4 Å². The number of aromatic nitrogens is 1. The maximum Gasteiger partial charge on any atom is 0.128 e. The molecular weight excluding hydrogens is 128 g/mol. The van der Waals surface area contributed by atoms with E-state index in [9.17, 15) is 0 Å². The number of hydrogen-bond donors (Lipinski definition) is 1. The Bertz CT molecular complexity index is 191. The van der Waals surface area contributed by atoms with E-state index >= 15 is 0 Å². The van der Waals surface area contributed by atoms with Crippen LogP contribution in [0.5, 0.6) is 0 Å². The molecule has 3 nitrogen and oxygen atoms in total. The van der Waals surface area contributed by atoms with Crippen molar-refractivity contribution in [1.82, 2.24) is 10.5 Å². The van der Waals surface area contributed by atoms with E-state index in [0.717, 1.165) is 18.2 Å². The average molecular weight is 138 g/mol. The second kappa shape index (κ2) is 2.42. The maximum absolute atomic E-state index is 4.68. The van der Waals surface area contributed by atoms with Gasteiger partial charge in [-0.05, 0) is 12.8 Å². The van der Waals surface area contributed by atoms with E-state index in [2.05, 4.69) is 15.0 Å². The SMILES string of the molecule is c1nocc1CNC1CC1. The third-order valence-corrected chi connectivity index (χ3v) is 1.66. The first-order valence-electron chi connectivity index (χ1n) is 3.57. The van der Waals surface area contributed by atoms with Crippen molar-refractivity contribution in [2.75, 3.05) is 0 Å². The highest BCUT2D eigenvalue weighted by Gasteiger charge is 2.19. The second-order valence-electron chi connectivity index (χ2n) is 2.69. The van der Waals surface area contributed by atoms with Crippen LogP contribution in [-0.4, -0.2) is 11.2 Å². The Morgan fingerprint density at radius 2 is 2.60 bits per heavy atom. The summed E-state index contributed by atoms with van der Waals surface area (Å²) in [6, 6.07) is 0.759. The Morgan fingerprint density at radius 1 is 1.70 bits per heavy atom. The Balaban J connectivity index is 1.79. The van der Waals surface area contributed by atoms with Gasteiger partial charge in [-0.15, -0.1) is 0 Å². The third kappa shape index (κ3) is 1.36. The Hall–Kier alpha value is -0.830. The van der Waals surface area contributed by atoms with E-state index in [4.69, 9.17) is 0 Å². The molecule has 54 valence electrons. The van der Waals surface area contributed by atoms with E-state index in [1.54, 1.807) is 12.5 Å². The molecule has 3 heteroatoms. The minimum atomic E-state index is 0.759. The number of hydrogen-bond acceptors (Lipinski definition) is 3. The van der Waals surface area contributed by atoms with Crippen LogP contribution in [0.25, 0.3) is 0 Å². The fraction of sp³-hybridized carbons (Fsp3) is 0.571. The first kappa shape index (κ1) is 5.92. The van der Waals surface area contributed by atoms with Crippen molar-refractivity contribution >= 4 is 0 Å². The van der Waals surface area contributed by atoms with Crippen molar-refractivity contribution in [3.63, 3.8) is 0 Å². The van der Waals surface area contributed by atoms with Crippen LogP contribution in [0.15, 0.2) is 17.0 Å². The predicted molar refractivity (Wildman–Crippen MR) is 36.4 cm³/mol. The van der Waals surface area contributed by atoms with Crippen LogP contribution < -0.4 is 5.32 Å².